The highest BCUT2D eigenvalue weighted by atomic mass is 16.3. The van der Waals surface area contributed by atoms with Crippen LogP contribution in [0, 0.1) is 5.92 Å². The number of aliphatic hydroxyl groups excluding tert-OH is 1. The zero-order valence-corrected chi connectivity index (χ0v) is 9.56. The largest absolute Gasteiger partial charge is 0.387 e. The molecule has 0 saturated heterocycles. The van der Waals surface area contributed by atoms with E-state index < -0.39 is 0 Å². The molecule has 1 aromatic heterocycles. The fourth-order valence-corrected chi connectivity index (χ4v) is 2.18. The summed E-state index contributed by atoms with van der Waals surface area (Å²) in [6, 6.07) is 0.603. The number of rotatable bonds is 5. The second-order valence-corrected chi connectivity index (χ2v) is 4.48. The minimum atomic E-state index is -0.344. The molecule has 1 atom stereocenters. The fourth-order valence-electron chi connectivity index (χ4n) is 2.18. The Balaban J connectivity index is 2.16. The van der Waals surface area contributed by atoms with Gasteiger partial charge >= 0.3 is 0 Å². The third-order valence-electron chi connectivity index (χ3n) is 3.43. The molecule has 1 unspecified atom stereocenters. The maximum Gasteiger partial charge on any atom is 0.0983 e. The topological polar surface area (TPSA) is 38.1 Å². The zero-order valence-electron chi connectivity index (χ0n) is 9.56. The Hall–Kier alpha value is -0.830. The third-order valence-corrected chi connectivity index (χ3v) is 3.43. The van der Waals surface area contributed by atoms with Gasteiger partial charge in [0.1, 0.15) is 0 Å². The lowest BCUT2D eigenvalue weighted by Gasteiger charge is -2.21. The van der Waals surface area contributed by atoms with Gasteiger partial charge in [-0.1, -0.05) is 26.7 Å². The van der Waals surface area contributed by atoms with Crippen LogP contribution in [0.5, 0.6) is 0 Å². The van der Waals surface area contributed by atoms with Gasteiger partial charge in [-0.25, -0.2) is 4.98 Å². The van der Waals surface area contributed by atoms with Crippen molar-refractivity contribution >= 4 is 0 Å². The van der Waals surface area contributed by atoms with E-state index in [-0.39, 0.29) is 6.10 Å². The van der Waals surface area contributed by atoms with E-state index in [9.17, 15) is 5.11 Å². The zero-order chi connectivity index (χ0) is 10.8. The summed E-state index contributed by atoms with van der Waals surface area (Å²) in [5.41, 5.74) is 1.01. The number of nitrogens with zero attached hydrogens (tertiary/aromatic N) is 2. The van der Waals surface area contributed by atoms with E-state index >= 15 is 0 Å². The first-order chi connectivity index (χ1) is 7.27. The van der Waals surface area contributed by atoms with Gasteiger partial charge in [-0.05, 0) is 18.8 Å². The highest BCUT2D eigenvalue weighted by molar-refractivity contribution is 5.08. The van der Waals surface area contributed by atoms with E-state index in [1.54, 1.807) is 0 Å². The van der Waals surface area contributed by atoms with Gasteiger partial charge in [0.2, 0.25) is 0 Å². The summed E-state index contributed by atoms with van der Waals surface area (Å²) in [5, 5.41) is 10.3. The smallest absolute Gasteiger partial charge is 0.0983 e. The molecule has 1 aliphatic carbocycles. The van der Waals surface area contributed by atoms with Crippen LogP contribution in [0.1, 0.15) is 57.4 Å². The minimum Gasteiger partial charge on any atom is -0.387 e. The van der Waals surface area contributed by atoms with Crippen LogP contribution in [0.25, 0.3) is 0 Å². The second kappa shape index (κ2) is 4.35. The fraction of sp³-hybridized carbons (Fsp3) is 0.750. The minimum absolute atomic E-state index is 0.344. The molecule has 2 rings (SSSR count). The normalized spacial score (nSPS) is 18.4. The first kappa shape index (κ1) is 10.7. The molecule has 1 N–H and O–H groups in total. The quantitative estimate of drug-likeness (QED) is 0.808. The molecule has 1 aliphatic rings. The Morgan fingerprint density at radius 1 is 1.47 bits per heavy atom. The van der Waals surface area contributed by atoms with Crippen molar-refractivity contribution in [3.8, 4) is 0 Å². The van der Waals surface area contributed by atoms with Crippen LogP contribution in [-0.2, 0) is 0 Å². The summed E-state index contributed by atoms with van der Waals surface area (Å²) in [7, 11) is 0. The number of hydrogen-bond acceptors (Lipinski definition) is 2. The average Bonchev–Trinajstić information content (AvgIpc) is 2.98. The van der Waals surface area contributed by atoms with Crippen LogP contribution in [-0.4, -0.2) is 14.7 Å². The summed E-state index contributed by atoms with van der Waals surface area (Å²) in [6.07, 6.45) is 7.85. The molecule has 0 spiro atoms. The Bertz CT molecular complexity index is 313. The molecule has 0 bridgehead atoms. The van der Waals surface area contributed by atoms with Crippen LogP contribution in [0.4, 0.5) is 0 Å². The molecule has 1 aromatic rings. The van der Waals surface area contributed by atoms with Crippen molar-refractivity contribution in [2.75, 3.05) is 0 Å². The van der Waals surface area contributed by atoms with E-state index in [4.69, 9.17) is 0 Å². The highest BCUT2D eigenvalue weighted by Gasteiger charge is 2.29. The van der Waals surface area contributed by atoms with Crippen molar-refractivity contribution in [1.82, 2.24) is 9.55 Å². The lowest BCUT2D eigenvalue weighted by molar-refractivity contribution is 0.0953. The second-order valence-electron chi connectivity index (χ2n) is 4.48. The SMILES string of the molecule is CCC(CC)C(O)c1cncn1C1CC1. The summed E-state index contributed by atoms with van der Waals surface area (Å²) in [4.78, 5) is 4.16. The van der Waals surface area contributed by atoms with E-state index in [2.05, 4.69) is 23.4 Å². The van der Waals surface area contributed by atoms with Crippen LogP contribution in [0.2, 0.25) is 0 Å². The summed E-state index contributed by atoms with van der Waals surface area (Å²) >= 11 is 0. The van der Waals surface area contributed by atoms with Crippen LogP contribution in [0.3, 0.4) is 0 Å². The molecule has 3 nitrogen and oxygen atoms in total. The van der Waals surface area contributed by atoms with Gasteiger partial charge in [-0.2, -0.15) is 0 Å². The Morgan fingerprint density at radius 2 is 2.13 bits per heavy atom. The first-order valence-corrected chi connectivity index (χ1v) is 5.97. The van der Waals surface area contributed by atoms with Crippen molar-refractivity contribution in [3.63, 3.8) is 0 Å². The lowest BCUT2D eigenvalue weighted by Crippen LogP contribution is -2.14. The summed E-state index contributed by atoms with van der Waals surface area (Å²) in [5.74, 6) is 0.360. The summed E-state index contributed by atoms with van der Waals surface area (Å²) in [6.45, 7) is 4.27. The molecule has 15 heavy (non-hydrogen) atoms. The monoisotopic (exact) mass is 208 g/mol. The molecule has 0 amide bonds. The van der Waals surface area contributed by atoms with E-state index in [0.717, 1.165) is 18.5 Å². The molecule has 1 heterocycles. The van der Waals surface area contributed by atoms with Gasteiger partial charge in [0.25, 0.3) is 0 Å². The standard InChI is InChI=1S/C12H20N2O/c1-3-9(4-2)12(15)11-7-13-8-14(11)10-5-6-10/h7-10,12,15H,3-6H2,1-2H3. The van der Waals surface area contributed by atoms with Gasteiger partial charge in [0.15, 0.2) is 0 Å². The first-order valence-electron chi connectivity index (χ1n) is 5.97. The van der Waals surface area contributed by atoms with Crippen molar-refractivity contribution in [2.24, 2.45) is 5.92 Å². The molecule has 0 radical (unpaired) electrons. The Labute approximate surface area is 91.1 Å². The van der Waals surface area contributed by atoms with Crippen molar-refractivity contribution < 1.29 is 5.11 Å². The number of aliphatic hydroxyl groups is 1. The van der Waals surface area contributed by atoms with Gasteiger partial charge in [0.05, 0.1) is 24.3 Å². The van der Waals surface area contributed by atoms with E-state index in [1.807, 2.05) is 12.5 Å². The molecule has 0 aromatic carbocycles. The Kier molecular flexibility index (Phi) is 3.10. The molecule has 1 fully saturated rings. The molecule has 0 aliphatic heterocycles. The number of hydrogen-bond donors (Lipinski definition) is 1. The summed E-state index contributed by atoms with van der Waals surface area (Å²) < 4.78 is 2.16. The van der Waals surface area contributed by atoms with Crippen molar-refractivity contribution in [3.05, 3.63) is 18.2 Å². The predicted octanol–water partition coefficient (Wildman–Crippen LogP) is 2.69. The maximum atomic E-state index is 10.3. The van der Waals surface area contributed by atoms with Crippen LogP contribution < -0.4 is 0 Å². The lowest BCUT2D eigenvalue weighted by atomic mass is 9.94. The van der Waals surface area contributed by atoms with E-state index in [0.29, 0.717) is 12.0 Å². The van der Waals surface area contributed by atoms with Crippen molar-refractivity contribution in [1.29, 1.82) is 0 Å². The highest BCUT2D eigenvalue weighted by Crippen LogP contribution is 2.38. The third kappa shape index (κ3) is 2.07. The van der Waals surface area contributed by atoms with Crippen LogP contribution in [0.15, 0.2) is 12.5 Å². The van der Waals surface area contributed by atoms with E-state index in [1.165, 1.54) is 12.8 Å². The van der Waals surface area contributed by atoms with Gasteiger partial charge in [0, 0.05) is 6.04 Å². The number of aromatic nitrogens is 2. The number of imidazole rings is 1. The molecule has 1 saturated carbocycles. The van der Waals surface area contributed by atoms with Crippen LogP contribution >= 0.6 is 0 Å². The predicted molar refractivity (Wildman–Crippen MR) is 59.5 cm³/mol. The Morgan fingerprint density at radius 3 is 2.67 bits per heavy atom. The molecular weight excluding hydrogens is 188 g/mol. The maximum absolute atomic E-state index is 10.3. The molecular formula is C12H20N2O. The molecule has 84 valence electrons. The molecule has 3 heteroatoms. The van der Waals surface area contributed by atoms with Gasteiger partial charge < -0.3 is 9.67 Å². The van der Waals surface area contributed by atoms with Gasteiger partial charge in [-0.3, -0.25) is 0 Å². The van der Waals surface area contributed by atoms with Crippen molar-refractivity contribution in [2.45, 2.75) is 51.7 Å². The van der Waals surface area contributed by atoms with Gasteiger partial charge in [-0.15, -0.1) is 0 Å². The average molecular weight is 208 g/mol.